The van der Waals surface area contributed by atoms with Gasteiger partial charge in [0.15, 0.2) is 5.82 Å². The molecule has 0 amide bonds. The van der Waals surface area contributed by atoms with Gasteiger partial charge in [0.1, 0.15) is 12.1 Å². The van der Waals surface area contributed by atoms with E-state index in [-0.39, 0.29) is 12.1 Å². The van der Waals surface area contributed by atoms with Crippen molar-refractivity contribution < 1.29 is 14.0 Å². The summed E-state index contributed by atoms with van der Waals surface area (Å²) in [5.41, 5.74) is 5.73. The second-order valence-electron chi connectivity index (χ2n) is 3.15. The van der Waals surface area contributed by atoms with E-state index < -0.39 is 0 Å². The number of hydrogen-bond donors (Lipinski definition) is 1. The van der Waals surface area contributed by atoms with E-state index in [0.29, 0.717) is 24.9 Å². The Kier molecular flexibility index (Phi) is 4.67. The van der Waals surface area contributed by atoms with Crippen molar-refractivity contribution in [1.82, 2.24) is 10.1 Å². The molecule has 0 bridgehead atoms. The maximum Gasteiger partial charge on any atom is 0.246 e. The van der Waals surface area contributed by atoms with Gasteiger partial charge >= 0.3 is 0 Å². The number of rotatable bonds is 6. The summed E-state index contributed by atoms with van der Waals surface area (Å²) in [6, 6.07) is -0.384. The maximum atomic E-state index is 5.73. The normalized spacial score (nSPS) is 15.2. The number of nitrogens with two attached hydrogens (primary N) is 1. The predicted molar refractivity (Wildman–Crippen MR) is 53.1 cm³/mol. The molecule has 0 aliphatic rings. The Hall–Kier alpha value is -0.980. The Morgan fingerprint density at radius 1 is 1.53 bits per heavy atom. The molecule has 0 spiro atoms. The lowest BCUT2D eigenvalue weighted by Gasteiger charge is -2.05. The fraction of sp³-hybridized carbons (Fsp3) is 0.778. The maximum absolute atomic E-state index is 5.73. The van der Waals surface area contributed by atoms with Crippen molar-refractivity contribution in [3.05, 3.63) is 11.7 Å². The molecule has 86 valence electrons. The van der Waals surface area contributed by atoms with Crippen LogP contribution in [0.4, 0.5) is 0 Å². The van der Waals surface area contributed by atoms with Crippen molar-refractivity contribution in [1.29, 1.82) is 0 Å². The number of aromatic nitrogens is 2. The van der Waals surface area contributed by atoms with Gasteiger partial charge in [0.25, 0.3) is 0 Å². The average molecular weight is 215 g/mol. The van der Waals surface area contributed by atoms with E-state index >= 15 is 0 Å². The Morgan fingerprint density at radius 3 is 2.87 bits per heavy atom. The first kappa shape index (κ1) is 12.1. The molecule has 1 heterocycles. The van der Waals surface area contributed by atoms with E-state index in [9.17, 15) is 0 Å². The predicted octanol–water partition coefficient (Wildman–Crippen LogP) is 0.813. The minimum Gasteiger partial charge on any atom is -0.383 e. The largest absolute Gasteiger partial charge is 0.383 e. The van der Waals surface area contributed by atoms with Gasteiger partial charge in [-0.25, -0.2) is 0 Å². The van der Waals surface area contributed by atoms with Crippen molar-refractivity contribution in [2.24, 2.45) is 5.73 Å². The van der Waals surface area contributed by atoms with Crippen molar-refractivity contribution in [3.63, 3.8) is 0 Å². The Labute approximate surface area is 88.7 Å². The molecule has 6 heteroatoms. The SMILES string of the molecule is CCOC(C)c1noc(C(N)COC)n1. The fourth-order valence-corrected chi connectivity index (χ4v) is 1.14. The smallest absolute Gasteiger partial charge is 0.246 e. The first-order valence-electron chi connectivity index (χ1n) is 4.88. The van der Waals surface area contributed by atoms with Crippen LogP contribution >= 0.6 is 0 Å². The topological polar surface area (TPSA) is 83.4 Å². The summed E-state index contributed by atoms with van der Waals surface area (Å²) in [5, 5.41) is 3.79. The lowest BCUT2D eigenvalue weighted by molar-refractivity contribution is 0.0683. The standard InChI is InChI=1S/C9H17N3O3/c1-4-14-6(2)8-11-9(15-12-8)7(10)5-13-3/h6-7H,4-5,10H2,1-3H3. The molecule has 15 heavy (non-hydrogen) atoms. The van der Waals surface area contributed by atoms with E-state index in [0.717, 1.165) is 0 Å². The fourth-order valence-electron chi connectivity index (χ4n) is 1.14. The summed E-state index contributed by atoms with van der Waals surface area (Å²) >= 11 is 0. The Morgan fingerprint density at radius 2 is 2.27 bits per heavy atom. The second kappa shape index (κ2) is 5.79. The summed E-state index contributed by atoms with van der Waals surface area (Å²) < 4.78 is 15.2. The highest BCUT2D eigenvalue weighted by atomic mass is 16.5. The van der Waals surface area contributed by atoms with Crippen molar-refractivity contribution in [3.8, 4) is 0 Å². The molecule has 2 atom stereocenters. The van der Waals surface area contributed by atoms with E-state index in [1.165, 1.54) is 0 Å². The summed E-state index contributed by atoms with van der Waals surface area (Å²) in [4.78, 5) is 4.14. The molecule has 0 fully saturated rings. The van der Waals surface area contributed by atoms with Crippen LogP contribution in [0.25, 0.3) is 0 Å². The lowest BCUT2D eigenvalue weighted by atomic mass is 10.3. The molecule has 0 aromatic carbocycles. The molecule has 1 rings (SSSR count). The third-order valence-corrected chi connectivity index (χ3v) is 1.90. The van der Waals surface area contributed by atoms with Crippen LogP contribution < -0.4 is 5.73 Å². The van der Waals surface area contributed by atoms with Gasteiger partial charge in [0.2, 0.25) is 5.89 Å². The zero-order valence-electron chi connectivity index (χ0n) is 9.27. The minimum absolute atomic E-state index is 0.178. The van der Waals surface area contributed by atoms with Gasteiger partial charge in [-0.1, -0.05) is 5.16 Å². The highest BCUT2D eigenvalue weighted by Gasteiger charge is 2.18. The van der Waals surface area contributed by atoms with Gasteiger partial charge < -0.3 is 19.7 Å². The molecule has 0 saturated heterocycles. The van der Waals surface area contributed by atoms with Crippen LogP contribution in [0.1, 0.15) is 37.7 Å². The number of ether oxygens (including phenoxy) is 2. The Balaban J connectivity index is 2.62. The molecule has 6 nitrogen and oxygen atoms in total. The van der Waals surface area contributed by atoms with Crippen LogP contribution in [0.2, 0.25) is 0 Å². The van der Waals surface area contributed by atoms with Crippen LogP contribution in [0.5, 0.6) is 0 Å². The molecule has 1 aromatic heterocycles. The van der Waals surface area contributed by atoms with Crippen LogP contribution in [-0.4, -0.2) is 30.5 Å². The van der Waals surface area contributed by atoms with Crippen molar-refractivity contribution in [2.45, 2.75) is 26.0 Å². The van der Waals surface area contributed by atoms with Crippen molar-refractivity contribution in [2.75, 3.05) is 20.3 Å². The van der Waals surface area contributed by atoms with E-state index in [1.54, 1.807) is 7.11 Å². The molecule has 0 saturated carbocycles. The molecule has 2 N–H and O–H groups in total. The van der Waals surface area contributed by atoms with Gasteiger partial charge in [-0.15, -0.1) is 0 Å². The zero-order valence-corrected chi connectivity index (χ0v) is 9.27. The quantitative estimate of drug-likeness (QED) is 0.756. The molecular weight excluding hydrogens is 198 g/mol. The first-order chi connectivity index (χ1) is 7.19. The van der Waals surface area contributed by atoms with E-state index in [4.69, 9.17) is 19.7 Å². The number of hydrogen-bond acceptors (Lipinski definition) is 6. The molecule has 1 aromatic rings. The van der Waals surface area contributed by atoms with Gasteiger partial charge in [-0.3, -0.25) is 0 Å². The average Bonchev–Trinajstić information content (AvgIpc) is 2.67. The van der Waals surface area contributed by atoms with E-state index in [1.807, 2.05) is 13.8 Å². The van der Waals surface area contributed by atoms with Gasteiger partial charge in [0, 0.05) is 13.7 Å². The number of methoxy groups -OCH3 is 1. The van der Waals surface area contributed by atoms with Gasteiger partial charge in [0.05, 0.1) is 6.61 Å². The third-order valence-electron chi connectivity index (χ3n) is 1.90. The highest BCUT2D eigenvalue weighted by Crippen LogP contribution is 2.15. The minimum atomic E-state index is -0.384. The van der Waals surface area contributed by atoms with Crippen LogP contribution in [-0.2, 0) is 9.47 Å². The summed E-state index contributed by atoms with van der Waals surface area (Å²) in [5.74, 6) is 0.886. The van der Waals surface area contributed by atoms with E-state index in [2.05, 4.69) is 10.1 Å². The molecule has 0 radical (unpaired) electrons. The highest BCUT2D eigenvalue weighted by molar-refractivity contribution is 4.94. The third kappa shape index (κ3) is 3.26. The van der Waals surface area contributed by atoms with Gasteiger partial charge in [-0.05, 0) is 13.8 Å². The molecule has 2 unspecified atom stereocenters. The second-order valence-corrected chi connectivity index (χ2v) is 3.15. The Bertz CT molecular complexity index is 263. The van der Waals surface area contributed by atoms with Crippen LogP contribution in [0, 0.1) is 0 Å². The summed E-state index contributed by atoms with van der Waals surface area (Å²) in [6.07, 6.45) is -0.178. The zero-order chi connectivity index (χ0) is 11.3. The molecule has 0 aliphatic heterocycles. The van der Waals surface area contributed by atoms with Crippen molar-refractivity contribution >= 4 is 0 Å². The number of nitrogens with zero attached hydrogens (tertiary/aromatic N) is 2. The lowest BCUT2D eigenvalue weighted by Crippen LogP contribution is -2.16. The summed E-state index contributed by atoms with van der Waals surface area (Å²) in [6.45, 7) is 4.73. The first-order valence-corrected chi connectivity index (χ1v) is 4.88. The molecule has 0 aliphatic carbocycles. The van der Waals surface area contributed by atoms with Crippen LogP contribution in [0.15, 0.2) is 4.52 Å². The summed E-state index contributed by atoms with van der Waals surface area (Å²) in [7, 11) is 1.57. The van der Waals surface area contributed by atoms with Gasteiger partial charge in [-0.2, -0.15) is 4.98 Å². The van der Waals surface area contributed by atoms with Crippen LogP contribution in [0.3, 0.4) is 0 Å². The monoisotopic (exact) mass is 215 g/mol. The molecular formula is C9H17N3O3.